The Morgan fingerprint density at radius 2 is 2.62 bits per heavy atom. The molecule has 0 aliphatic carbocycles. The molecule has 0 aromatic carbocycles. The van der Waals surface area contributed by atoms with Gasteiger partial charge in [-0.3, -0.25) is 0 Å². The quantitative estimate of drug-likeness (QED) is 0.615. The molecule has 0 amide bonds. The van der Waals surface area contributed by atoms with Gasteiger partial charge in [0.05, 0.1) is 12.3 Å². The van der Waals surface area contributed by atoms with Crippen LogP contribution in [-0.2, 0) is 4.84 Å². The fourth-order valence-electron chi connectivity index (χ4n) is 1.31. The van der Waals surface area contributed by atoms with Gasteiger partial charge in [-0.15, -0.1) is 5.10 Å². The van der Waals surface area contributed by atoms with Gasteiger partial charge in [-0.05, 0) is 0 Å². The Bertz CT molecular complexity index is 295. The second kappa shape index (κ2) is 3.42. The zero-order valence-electron chi connectivity index (χ0n) is 7.30. The minimum Gasteiger partial charge on any atom is -0.411 e. The summed E-state index contributed by atoms with van der Waals surface area (Å²) in [6, 6.07) is 0.543. The molecular formula is C7H10N4O2. The number of hydrogen-bond donors (Lipinski definition) is 0. The molecule has 13 heavy (non-hydrogen) atoms. The van der Waals surface area contributed by atoms with Gasteiger partial charge in [0, 0.05) is 13.0 Å². The average Bonchev–Trinajstić information content (AvgIpc) is 2.70. The van der Waals surface area contributed by atoms with Crippen LogP contribution in [0.4, 0.5) is 6.01 Å². The Kier molecular flexibility index (Phi) is 2.11. The van der Waals surface area contributed by atoms with Crippen LogP contribution in [0, 0.1) is 0 Å². The molecule has 2 heterocycles. The Morgan fingerprint density at radius 3 is 3.31 bits per heavy atom. The number of hydrogen-bond acceptors (Lipinski definition) is 6. The van der Waals surface area contributed by atoms with Gasteiger partial charge >= 0.3 is 6.01 Å². The van der Waals surface area contributed by atoms with Crippen LogP contribution in [0.1, 0.15) is 6.42 Å². The summed E-state index contributed by atoms with van der Waals surface area (Å²) in [6.07, 6.45) is 2.21. The first-order chi connectivity index (χ1) is 6.40. The minimum atomic E-state index is 0.543. The molecule has 1 aromatic rings. The van der Waals surface area contributed by atoms with Crippen molar-refractivity contribution in [2.24, 2.45) is 5.16 Å². The van der Waals surface area contributed by atoms with E-state index in [0.29, 0.717) is 12.6 Å². The number of nitrogens with zero attached hydrogens (tertiary/aromatic N) is 4. The topological polar surface area (TPSA) is 63.8 Å². The van der Waals surface area contributed by atoms with E-state index in [1.807, 2.05) is 4.90 Å². The van der Waals surface area contributed by atoms with Gasteiger partial charge in [-0.25, -0.2) is 0 Å². The highest BCUT2D eigenvalue weighted by Gasteiger charge is 2.21. The zero-order valence-corrected chi connectivity index (χ0v) is 7.30. The lowest BCUT2D eigenvalue weighted by Gasteiger charge is -2.08. The predicted octanol–water partition coefficient (Wildman–Crippen LogP) is 0.282. The molecule has 0 N–H and O–H groups in total. The minimum absolute atomic E-state index is 0.543. The van der Waals surface area contributed by atoms with Crippen molar-refractivity contribution in [2.45, 2.75) is 6.42 Å². The third-order valence-electron chi connectivity index (χ3n) is 1.88. The highest BCUT2D eigenvalue weighted by molar-refractivity contribution is 5.91. The summed E-state index contributed by atoms with van der Waals surface area (Å²) in [5.41, 5.74) is 1.00. The van der Waals surface area contributed by atoms with E-state index >= 15 is 0 Å². The summed E-state index contributed by atoms with van der Waals surface area (Å²) in [6.45, 7) is 1.56. The number of anilines is 1. The summed E-state index contributed by atoms with van der Waals surface area (Å²) in [4.78, 5) is 6.65. The lowest BCUT2D eigenvalue weighted by molar-refractivity contribution is 0.212. The lowest BCUT2D eigenvalue weighted by atomic mass is 10.3. The SMILES string of the molecule is CON=C1CCN(c2nnco2)C1. The van der Waals surface area contributed by atoms with Crippen molar-refractivity contribution >= 4 is 11.7 Å². The van der Waals surface area contributed by atoms with Crippen LogP contribution in [-0.4, -0.2) is 36.1 Å². The maximum atomic E-state index is 5.05. The van der Waals surface area contributed by atoms with E-state index in [2.05, 4.69) is 20.2 Å². The average molecular weight is 182 g/mol. The van der Waals surface area contributed by atoms with Crippen molar-refractivity contribution < 1.29 is 9.25 Å². The lowest BCUT2D eigenvalue weighted by Crippen LogP contribution is -2.19. The summed E-state index contributed by atoms with van der Waals surface area (Å²) >= 11 is 0. The number of rotatable bonds is 2. The molecule has 0 atom stereocenters. The Labute approximate surface area is 75.2 Å². The van der Waals surface area contributed by atoms with Gasteiger partial charge in [0.15, 0.2) is 0 Å². The van der Waals surface area contributed by atoms with Crippen molar-refractivity contribution in [3.63, 3.8) is 0 Å². The Balaban J connectivity index is 2.03. The van der Waals surface area contributed by atoms with Gasteiger partial charge in [0.2, 0.25) is 6.39 Å². The maximum absolute atomic E-state index is 5.05. The molecular weight excluding hydrogens is 172 g/mol. The van der Waals surface area contributed by atoms with Crippen LogP contribution < -0.4 is 4.90 Å². The van der Waals surface area contributed by atoms with E-state index in [0.717, 1.165) is 18.7 Å². The Hall–Kier alpha value is -1.59. The number of oxime groups is 1. The molecule has 0 saturated carbocycles. The maximum Gasteiger partial charge on any atom is 0.318 e. The molecule has 6 nitrogen and oxygen atoms in total. The number of aromatic nitrogens is 2. The molecule has 1 fully saturated rings. The molecule has 6 heteroatoms. The molecule has 70 valence electrons. The largest absolute Gasteiger partial charge is 0.411 e. The Morgan fingerprint density at radius 1 is 1.69 bits per heavy atom. The molecule has 0 spiro atoms. The monoisotopic (exact) mass is 182 g/mol. The van der Waals surface area contributed by atoms with E-state index in [9.17, 15) is 0 Å². The van der Waals surface area contributed by atoms with Crippen molar-refractivity contribution in [2.75, 3.05) is 25.1 Å². The van der Waals surface area contributed by atoms with Crippen molar-refractivity contribution in [1.29, 1.82) is 0 Å². The van der Waals surface area contributed by atoms with Crippen molar-refractivity contribution in [3.05, 3.63) is 6.39 Å². The van der Waals surface area contributed by atoms with Gasteiger partial charge in [-0.1, -0.05) is 10.3 Å². The smallest absolute Gasteiger partial charge is 0.318 e. The molecule has 0 bridgehead atoms. The molecule has 1 saturated heterocycles. The van der Waals surface area contributed by atoms with Crippen molar-refractivity contribution in [3.8, 4) is 0 Å². The van der Waals surface area contributed by atoms with Gasteiger partial charge in [0.25, 0.3) is 0 Å². The van der Waals surface area contributed by atoms with E-state index in [-0.39, 0.29) is 0 Å². The summed E-state index contributed by atoms with van der Waals surface area (Å²) in [7, 11) is 1.54. The first kappa shape index (κ1) is 8.03. The van der Waals surface area contributed by atoms with Crippen LogP contribution in [0.25, 0.3) is 0 Å². The summed E-state index contributed by atoms with van der Waals surface area (Å²) in [5, 5.41) is 11.3. The van der Waals surface area contributed by atoms with Gasteiger partial charge < -0.3 is 14.2 Å². The summed E-state index contributed by atoms with van der Waals surface area (Å²) < 4.78 is 5.05. The van der Waals surface area contributed by atoms with Gasteiger partial charge in [0.1, 0.15) is 7.11 Å². The first-order valence-electron chi connectivity index (χ1n) is 4.00. The second-order valence-electron chi connectivity index (χ2n) is 2.73. The van der Waals surface area contributed by atoms with Crippen LogP contribution in [0.5, 0.6) is 0 Å². The van der Waals surface area contributed by atoms with E-state index in [4.69, 9.17) is 4.42 Å². The highest BCUT2D eigenvalue weighted by atomic mass is 16.6. The second-order valence-corrected chi connectivity index (χ2v) is 2.73. The molecule has 2 rings (SSSR count). The van der Waals surface area contributed by atoms with E-state index < -0.39 is 0 Å². The third-order valence-corrected chi connectivity index (χ3v) is 1.88. The molecule has 1 aliphatic rings. The predicted molar refractivity (Wildman–Crippen MR) is 45.6 cm³/mol. The third kappa shape index (κ3) is 1.61. The summed E-state index contributed by atoms with van der Waals surface area (Å²) in [5.74, 6) is 0. The molecule has 1 aromatic heterocycles. The van der Waals surface area contributed by atoms with Crippen LogP contribution >= 0.6 is 0 Å². The van der Waals surface area contributed by atoms with E-state index in [1.54, 1.807) is 7.11 Å². The molecule has 1 aliphatic heterocycles. The van der Waals surface area contributed by atoms with Gasteiger partial charge in [-0.2, -0.15) is 0 Å². The fourth-order valence-corrected chi connectivity index (χ4v) is 1.31. The van der Waals surface area contributed by atoms with E-state index in [1.165, 1.54) is 6.39 Å². The van der Waals surface area contributed by atoms with Crippen LogP contribution in [0.3, 0.4) is 0 Å². The first-order valence-corrected chi connectivity index (χ1v) is 4.00. The molecule has 0 radical (unpaired) electrons. The van der Waals surface area contributed by atoms with Crippen LogP contribution in [0.15, 0.2) is 16.0 Å². The fraction of sp³-hybridized carbons (Fsp3) is 0.571. The normalized spacial score (nSPS) is 19.8. The van der Waals surface area contributed by atoms with Crippen molar-refractivity contribution in [1.82, 2.24) is 10.2 Å². The molecule has 0 unspecified atom stereocenters. The highest BCUT2D eigenvalue weighted by Crippen LogP contribution is 2.14. The van der Waals surface area contributed by atoms with Crippen LogP contribution in [0.2, 0.25) is 0 Å². The zero-order chi connectivity index (χ0) is 9.10. The standard InChI is InChI=1S/C7H10N4O2/c1-12-10-6-2-3-11(4-6)7-9-8-5-13-7/h5H,2-4H2,1H3.